The molecule has 1 aromatic carbocycles. The molecule has 1 heterocycles. The van der Waals surface area contributed by atoms with Gasteiger partial charge < -0.3 is 5.73 Å². The topological polar surface area (TPSA) is 114 Å². The van der Waals surface area contributed by atoms with Crippen molar-refractivity contribution in [2.24, 2.45) is 5.73 Å². The zero-order valence-corrected chi connectivity index (χ0v) is 11.8. The molecule has 4 N–H and O–H groups in total. The Hall–Kier alpha value is -2.42. The molecule has 0 saturated carbocycles. The predicted octanol–water partition coefficient (Wildman–Crippen LogP) is 1.29. The lowest BCUT2D eigenvalue weighted by atomic mass is 10.2. The van der Waals surface area contributed by atoms with E-state index in [-0.39, 0.29) is 16.5 Å². The molecule has 0 saturated heterocycles. The van der Waals surface area contributed by atoms with E-state index in [1.807, 2.05) is 5.32 Å². The number of benzene rings is 1. The first-order chi connectivity index (χ1) is 9.97. The number of imide groups is 1. The van der Waals surface area contributed by atoms with Crippen LogP contribution in [0.4, 0.5) is 9.18 Å². The number of rotatable bonds is 4. The quantitative estimate of drug-likeness (QED) is 0.736. The molecule has 2 aromatic rings. The van der Waals surface area contributed by atoms with Crippen LogP contribution < -0.4 is 11.1 Å². The number of thioether (sulfide) groups is 1. The van der Waals surface area contributed by atoms with E-state index in [0.29, 0.717) is 0 Å². The van der Waals surface area contributed by atoms with Crippen molar-refractivity contribution in [3.63, 3.8) is 0 Å². The van der Waals surface area contributed by atoms with Crippen molar-refractivity contribution in [3.8, 4) is 11.4 Å². The van der Waals surface area contributed by atoms with Crippen LogP contribution in [0.15, 0.2) is 29.4 Å². The van der Waals surface area contributed by atoms with Gasteiger partial charge in [0.15, 0.2) is 5.82 Å². The highest BCUT2D eigenvalue weighted by Crippen LogP contribution is 2.24. The number of hydrogen-bond acceptors (Lipinski definition) is 5. The highest BCUT2D eigenvalue weighted by Gasteiger charge is 2.19. The van der Waals surface area contributed by atoms with Crippen molar-refractivity contribution in [3.05, 3.63) is 30.1 Å². The van der Waals surface area contributed by atoms with Gasteiger partial charge in [0.1, 0.15) is 5.82 Å². The summed E-state index contributed by atoms with van der Waals surface area (Å²) < 4.78 is 13.6. The first kappa shape index (κ1) is 15.0. The number of carbonyl (C=O) groups excluding carboxylic acids is 2. The summed E-state index contributed by atoms with van der Waals surface area (Å²) in [5.74, 6) is -0.715. The van der Waals surface area contributed by atoms with Crippen molar-refractivity contribution < 1.29 is 14.0 Å². The highest BCUT2D eigenvalue weighted by atomic mass is 32.2. The Labute approximate surface area is 123 Å². The van der Waals surface area contributed by atoms with Crippen molar-refractivity contribution >= 4 is 23.7 Å². The van der Waals surface area contributed by atoms with Gasteiger partial charge in [-0.15, -0.1) is 5.10 Å². The molecule has 0 bridgehead atoms. The van der Waals surface area contributed by atoms with Crippen LogP contribution in [0.3, 0.4) is 0 Å². The number of primary amides is 1. The molecule has 1 atom stereocenters. The van der Waals surface area contributed by atoms with E-state index in [0.717, 1.165) is 11.8 Å². The third-order valence-electron chi connectivity index (χ3n) is 2.49. The van der Waals surface area contributed by atoms with Gasteiger partial charge in [0.25, 0.3) is 0 Å². The number of aromatic nitrogens is 3. The van der Waals surface area contributed by atoms with Gasteiger partial charge in [-0.1, -0.05) is 23.9 Å². The predicted molar refractivity (Wildman–Crippen MR) is 74.8 cm³/mol. The summed E-state index contributed by atoms with van der Waals surface area (Å²) in [6, 6.07) is 5.20. The summed E-state index contributed by atoms with van der Waals surface area (Å²) in [6.07, 6.45) is 0. The summed E-state index contributed by atoms with van der Waals surface area (Å²) in [7, 11) is 0. The van der Waals surface area contributed by atoms with Crippen LogP contribution in [0.25, 0.3) is 11.4 Å². The molecule has 0 fully saturated rings. The fraction of sp³-hybridized carbons (Fsp3) is 0.167. The van der Waals surface area contributed by atoms with Crippen LogP contribution in [0, 0.1) is 5.82 Å². The number of nitrogens with one attached hydrogen (secondary N) is 2. The van der Waals surface area contributed by atoms with Gasteiger partial charge in [-0.05, 0) is 19.1 Å². The standard InChI is InChI=1S/C12H12FN5O2S/c1-6(10(19)16-11(14)20)21-12-15-9(17-18-12)7-4-2-3-5-8(7)13/h2-6H,1H3,(H,15,17,18)(H3,14,16,19,20). The first-order valence-electron chi connectivity index (χ1n) is 5.91. The molecule has 1 unspecified atom stereocenters. The molecule has 21 heavy (non-hydrogen) atoms. The molecule has 3 amide bonds. The smallest absolute Gasteiger partial charge is 0.318 e. The second kappa shape index (κ2) is 6.35. The van der Waals surface area contributed by atoms with E-state index < -0.39 is 23.0 Å². The van der Waals surface area contributed by atoms with E-state index in [9.17, 15) is 14.0 Å². The van der Waals surface area contributed by atoms with Crippen LogP contribution >= 0.6 is 11.8 Å². The fourth-order valence-electron chi connectivity index (χ4n) is 1.51. The molecule has 7 nitrogen and oxygen atoms in total. The number of halogens is 1. The number of H-pyrrole nitrogens is 1. The third kappa shape index (κ3) is 3.78. The Kier molecular flexibility index (Phi) is 4.53. The number of nitrogens with two attached hydrogens (primary N) is 1. The Morgan fingerprint density at radius 3 is 2.81 bits per heavy atom. The van der Waals surface area contributed by atoms with Crippen LogP contribution in [0.2, 0.25) is 0 Å². The number of nitrogens with zero attached hydrogens (tertiary/aromatic N) is 2. The number of carbonyl (C=O) groups is 2. The Morgan fingerprint density at radius 1 is 1.43 bits per heavy atom. The molecule has 1 aromatic heterocycles. The monoisotopic (exact) mass is 309 g/mol. The molecule has 0 aliphatic heterocycles. The van der Waals surface area contributed by atoms with E-state index in [1.165, 1.54) is 6.07 Å². The summed E-state index contributed by atoms with van der Waals surface area (Å²) in [5, 5.41) is 8.11. The van der Waals surface area contributed by atoms with Crippen molar-refractivity contribution in [1.29, 1.82) is 0 Å². The van der Waals surface area contributed by atoms with Gasteiger partial charge in [0.2, 0.25) is 11.1 Å². The average molecular weight is 309 g/mol. The normalized spacial score (nSPS) is 11.9. The van der Waals surface area contributed by atoms with Crippen LogP contribution in [-0.2, 0) is 4.79 Å². The van der Waals surface area contributed by atoms with Crippen LogP contribution in [0.1, 0.15) is 6.92 Å². The van der Waals surface area contributed by atoms with Gasteiger partial charge >= 0.3 is 6.03 Å². The molecular weight excluding hydrogens is 297 g/mol. The maximum Gasteiger partial charge on any atom is 0.318 e. The van der Waals surface area contributed by atoms with Gasteiger partial charge in [-0.25, -0.2) is 14.2 Å². The maximum absolute atomic E-state index is 13.6. The summed E-state index contributed by atoms with van der Waals surface area (Å²) in [6.45, 7) is 1.57. The third-order valence-corrected chi connectivity index (χ3v) is 3.45. The minimum Gasteiger partial charge on any atom is -0.351 e. The van der Waals surface area contributed by atoms with Crippen molar-refractivity contribution in [2.75, 3.05) is 0 Å². The minimum absolute atomic E-state index is 0.262. The Morgan fingerprint density at radius 2 is 2.14 bits per heavy atom. The number of urea groups is 1. The zero-order chi connectivity index (χ0) is 15.4. The van der Waals surface area contributed by atoms with Crippen molar-refractivity contribution in [2.45, 2.75) is 17.3 Å². The zero-order valence-electron chi connectivity index (χ0n) is 11.0. The van der Waals surface area contributed by atoms with E-state index in [4.69, 9.17) is 5.73 Å². The Balaban J connectivity index is 2.09. The first-order valence-corrected chi connectivity index (χ1v) is 6.79. The molecule has 0 aliphatic carbocycles. The van der Waals surface area contributed by atoms with Gasteiger partial charge in [-0.2, -0.15) is 0 Å². The molecule has 2 rings (SSSR count). The number of hydrogen-bond donors (Lipinski definition) is 3. The fourth-order valence-corrected chi connectivity index (χ4v) is 2.23. The molecule has 0 aliphatic rings. The Bertz CT molecular complexity index is 675. The van der Waals surface area contributed by atoms with E-state index >= 15 is 0 Å². The molecule has 0 radical (unpaired) electrons. The largest absolute Gasteiger partial charge is 0.351 e. The van der Waals surface area contributed by atoms with Crippen LogP contribution in [-0.4, -0.2) is 32.4 Å². The highest BCUT2D eigenvalue weighted by molar-refractivity contribution is 8.00. The number of aromatic amines is 1. The van der Waals surface area contributed by atoms with Gasteiger partial charge in [0, 0.05) is 0 Å². The van der Waals surface area contributed by atoms with E-state index in [2.05, 4.69) is 15.2 Å². The van der Waals surface area contributed by atoms with Gasteiger partial charge in [-0.3, -0.25) is 15.2 Å². The molecule has 0 spiro atoms. The average Bonchev–Trinajstić information content (AvgIpc) is 2.86. The molecule has 9 heteroatoms. The molecule has 110 valence electrons. The maximum atomic E-state index is 13.6. The lowest BCUT2D eigenvalue weighted by Crippen LogP contribution is -2.39. The summed E-state index contributed by atoms with van der Waals surface area (Å²) >= 11 is 1.02. The molecular formula is C12H12FN5O2S. The number of amides is 3. The summed E-state index contributed by atoms with van der Waals surface area (Å²) in [5.41, 5.74) is 5.15. The lowest BCUT2D eigenvalue weighted by Gasteiger charge is -2.06. The second-order valence-electron chi connectivity index (χ2n) is 4.06. The van der Waals surface area contributed by atoms with E-state index in [1.54, 1.807) is 25.1 Å². The summed E-state index contributed by atoms with van der Waals surface area (Å²) in [4.78, 5) is 26.2. The van der Waals surface area contributed by atoms with Gasteiger partial charge in [0.05, 0.1) is 10.8 Å². The lowest BCUT2D eigenvalue weighted by molar-refractivity contribution is -0.119. The SMILES string of the molecule is CC(Sc1n[nH]c(-c2ccccc2F)n1)C(=O)NC(N)=O. The second-order valence-corrected chi connectivity index (χ2v) is 5.37. The minimum atomic E-state index is -0.922. The van der Waals surface area contributed by atoms with Crippen molar-refractivity contribution in [1.82, 2.24) is 20.5 Å². The van der Waals surface area contributed by atoms with Crippen LogP contribution in [0.5, 0.6) is 0 Å².